The van der Waals surface area contributed by atoms with E-state index in [0.29, 0.717) is 12.1 Å². The molecular weight excluding hydrogens is 410 g/mol. The predicted octanol–water partition coefficient (Wildman–Crippen LogP) is 1.58. The zero-order valence-electron chi connectivity index (χ0n) is 19.9. The summed E-state index contributed by atoms with van der Waals surface area (Å²) in [7, 11) is 2.68. The maximum atomic E-state index is 13.2. The number of nitrogens with zero attached hydrogens (tertiary/aromatic N) is 2. The van der Waals surface area contributed by atoms with E-state index < -0.39 is 35.3 Å². The number of hydrogen-bond donors (Lipinski definition) is 1. The van der Waals surface area contributed by atoms with Crippen molar-refractivity contribution in [2.75, 3.05) is 27.2 Å². The molecule has 0 unspecified atom stereocenters. The van der Waals surface area contributed by atoms with Gasteiger partial charge in [0.25, 0.3) is 5.91 Å². The summed E-state index contributed by atoms with van der Waals surface area (Å²) in [4.78, 5) is 54.1. The van der Waals surface area contributed by atoms with Crippen LogP contribution in [0.1, 0.15) is 50.5 Å². The molecule has 0 spiro atoms. The molecule has 0 aliphatic carbocycles. The van der Waals surface area contributed by atoms with Crippen LogP contribution >= 0.6 is 0 Å². The number of esters is 1. The van der Waals surface area contributed by atoms with Gasteiger partial charge < -0.3 is 9.64 Å². The minimum atomic E-state index is -1.33. The molecule has 174 valence electrons. The van der Waals surface area contributed by atoms with Crippen LogP contribution in [-0.2, 0) is 24.5 Å². The first-order valence-corrected chi connectivity index (χ1v) is 10.9. The summed E-state index contributed by atoms with van der Waals surface area (Å²) in [6, 6.07) is 6.98. The van der Waals surface area contributed by atoms with E-state index in [9.17, 15) is 19.2 Å². The highest BCUT2D eigenvalue weighted by molar-refractivity contribution is 6.09. The molecule has 0 bridgehead atoms. The number of carbonyl (C=O) groups excluding carboxylic acids is 4. The second-order valence-corrected chi connectivity index (χ2v) is 9.85. The Bertz CT molecular complexity index is 936. The first-order valence-electron chi connectivity index (χ1n) is 10.9. The molecule has 1 aromatic carbocycles. The highest BCUT2D eigenvalue weighted by Crippen LogP contribution is 2.43. The van der Waals surface area contributed by atoms with Gasteiger partial charge >= 0.3 is 5.97 Å². The van der Waals surface area contributed by atoms with Gasteiger partial charge in [-0.05, 0) is 37.0 Å². The van der Waals surface area contributed by atoms with Crippen LogP contribution < -0.4 is 5.32 Å². The van der Waals surface area contributed by atoms with E-state index in [1.807, 2.05) is 31.2 Å². The van der Waals surface area contributed by atoms with Gasteiger partial charge in [0.2, 0.25) is 11.8 Å². The van der Waals surface area contributed by atoms with Crippen molar-refractivity contribution in [2.45, 2.75) is 51.6 Å². The number of likely N-dealkylation sites (N-methyl/N-ethyl adjacent to an activating group) is 1. The molecule has 8 nitrogen and oxygen atoms in total. The van der Waals surface area contributed by atoms with E-state index in [0.717, 1.165) is 10.5 Å². The molecule has 2 fully saturated rings. The standard InChI is InChI=1S/C24H33N3O5/c1-8-27(19(28)14-9-11-15(12-10-14)23(2,3)4)13-16-17-18(21(30)26(6)20(17)29)24(5,25-16)22(31)32-7/h9-12,16-18,25H,8,13H2,1-7H3/t16-,17+,18-,24-/m1/s1. The number of imide groups is 1. The van der Waals surface area contributed by atoms with Crippen molar-refractivity contribution in [2.24, 2.45) is 11.8 Å². The summed E-state index contributed by atoms with van der Waals surface area (Å²) in [6.07, 6.45) is 0. The molecule has 2 saturated heterocycles. The van der Waals surface area contributed by atoms with E-state index >= 15 is 0 Å². The van der Waals surface area contributed by atoms with Crippen molar-refractivity contribution in [3.63, 3.8) is 0 Å². The van der Waals surface area contributed by atoms with Crippen LogP contribution in [0.5, 0.6) is 0 Å². The SMILES string of the molecule is CCN(C[C@H]1N[C@@](C)(C(=O)OC)[C@H]2C(=O)N(C)C(=O)[C@@H]12)C(=O)c1ccc(C(C)(C)C)cc1. The topological polar surface area (TPSA) is 96.0 Å². The maximum absolute atomic E-state index is 13.2. The lowest BCUT2D eigenvalue weighted by Crippen LogP contribution is -2.56. The third-order valence-electron chi connectivity index (χ3n) is 6.81. The number of carbonyl (C=O) groups is 4. The molecule has 32 heavy (non-hydrogen) atoms. The largest absolute Gasteiger partial charge is 0.468 e. The van der Waals surface area contributed by atoms with Crippen molar-refractivity contribution in [3.8, 4) is 0 Å². The minimum absolute atomic E-state index is 0.0193. The maximum Gasteiger partial charge on any atom is 0.326 e. The fourth-order valence-electron chi connectivity index (χ4n) is 4.86. The summed E-state index contributed by atoms with van der Waals surface area (Å²) < 4.78 is 4.94. The van der Waals surface area contributed by atoms with Crippen molar-refractivity contribution < 1.29 is 23.9 Å². The van der Waals surface area contributed by atoms with E-state index in [2.05, 4.69) is 26.1 Å². The smallest absolute Gasteiger partial charge is 0.326 e. The highest BCUT2D eigenvalue weighted by Gasteiger charge is 2.66. The summed E-state index contributed by atoms with van der Waals surface area (Å²) in [6.45, 7) is 10.4. The van der Waals surface area contributed by atoms with Gasteiger partial charge in [-0.3, -0.25) is 29.4 Å². The quantitative estimate of drug-likeness (QED) is 0.548. The van der Waals surface area contributed by atoms with Gasteiger partial charge in [0.1, 0.15) is 5.54 Å². The average Bonchev–Trinajstić information content (AvgIpc) is 3.18. The predicted molar refractivity (Wildman–Crippen MR) is 119 cm³/mol. The molecule has 1 N–H and O–H groups in total. The number of ether oxygens (including phenoxy) is 1. The average molecular weight is 444 g/mol. The van der Waals surface area contributed by atoms with E-state index in [4.69, 9.17) is 4.74 Å². The van der Waals surface area contributed by atoms with Crippen LogP contribution in [0.3, 0.4) is 0 Å². The first-order chi connectivity index (χ1) is 14.9. The Balaban J connectivity index is 1.87. The number of hydrogen-bond acceptors (Lipinski definition) is 6. The van der Waals surface area contributed by atoms with Crippen LogP contribution in [0.4, 0.5) is 0 Å². The monoisotopic (exact) mass is 443 g/mol. The molecule has 1 aromatic rings. The molecule has 3 rings (SSSR count). The minimum Gasteiger partial charge on any atom is -0.468 e. The van der Waals surface area contributed by atoms with Gasteiger partial charge in [-0.1, -0.05) is 32.9 Å². The van der Waals surface area contributed by atoms with E-state index in [1.54, 1.807) is 11.8 Å². The number of nitrogens with one attached hydrogen (secondary N) is 1. The molecule has 8 heteroatoms. The number of amides is 3. The summed E-state index contributed by atoms with van der Waals surface area (Å²) in [5.41, 5.74) is 0.327. The third kappa shape index (κ3) is 3.81. The molecule has 4 atom stereocenters. The Hall–Kier alpha value is -2.74. The van der Waals surface area contributed by atoms with Crippen LogP contribution in [0.15, 0.2) is 24.3 Å². The summed E-state index contributed by atoms with van der Waals surface area (Å²) in [5, 5.41) is 3.16. The van der Waals surface area contributed by atoms with Gasteiger partial charge in [-0.15, -0.1) is 0 Å². The number of rotatable bonds is 5. The number of methoxy groups -OCH3 is 1. The molecule has 0 radical (unpaired) electrons. The lowest BCUT2D eigenvalue weighted by Gasteiger charge is -2.30. The van der Waals surface area contributed by atoms with Gasteiger partial charge in [-0.2, -0.15) is 0 Å². The molecule has 0 aromatic heterocycles. The van der Waals surface area contributed by atoms with Crippen molar-refractivity contribution >= 4 is 23.7 Å². The van der Waals surface area contributed by atoms with Crippen molar-refractivity contribution in [3.05, 3.63) is 35.4 Å². The van der Waals surface area contributed by atoms with E-state index in [1.165, 1.54) is 14.2 Å². The molecule has 2 aliphatic rings. The Kier molecular flexibility index (Phi) is 6.21. The molecule has 2 aliphatic heterocycles. The Morgan fingerprint density at radius 3 is 2.25 bits per heavy atom. The molecule has 0 saturated carbocycles. The first kappa shape index (κ1) is 23.9. The summed E-state index contributed by atoms with van der Waals surface area (Å²) in [5.74, 6) is -3.11. The zero-order chi connectivity index (χ0) is 24.0. The van der Waals surface area contributed by atoms with E-state index in [-0.39, 0.29) is 23.8 Å². The Labute approximate surface area is 189 Å². The lowest BCUT2D eigenvalue weighted by molar-refractivity contribution is -0.152. The fraction of sp³-hybridized carbons (Fsp3) is 0.583. The molecular formula is C24H33N3O5. The van der Waals surface area contributed by atoms with Crippen molar-refractivity contribution in [1.82, 2.24) is 15.1 Å². The van der Waals surface area contributed by atoms with Gasteiger partial charge in [0.15, 0.2) is 0 Å². The highest BCUT2D eigenvalue weighted by atomic mass is 16.5. The molecule has 2 heterocycles. The van der Waals surface area contributed by atoms with Crippen molar-refractivity contribution in [1.29, 1.82) is 0 Å². The fourth-order valence-corrected chi connectivity index (χ4v) is 4.86. The normalized spacial score (nSPS) is 27.5. The summed E-state index contributed by atoms with van der Waals surface area (Å²) >= 11 is 0. The number of likely N-dealkylation sites (tertiary alicyclic amines) is 1. The number of benzene rings is 1. The van der Waals surface area contributed by atoms with Gasteiger partial charge in [0.05, 0.1) is 18.9 Å². The number of fused-ring (bicyclic) bond motifs is 1. The molecule has 3 amide bonds. The van der Waals surface area contributed by atoms with Gasteiger partial charge in [0, 0.05) is 31.7 Å². The van der Waals surface area contributed by atoms with Crippen LogP contribution in [-0.4, -0.2) is 72.3 Å². The second kappa shape index (κ2) is 8.31. The Morgan fingerprint density at radius 2 is 1.75 bits per heavy atom. The van der Waals surface area contributed by atoms with Gasteiger partial charge in [-0.25, -0.2) is 0 Å². The van der Waals surface area contributed by atoms with Crippen LogP contribution in [0.25, 0.3) is 0 Å². The zero-order valence-corrected chi connectivity index (χ0v) is 19.9. The van der Waals surface area contributed by atoms with Crippen LogP contribution in [0.2, 0.25) is 0 Å². The van der Waals surface area contributed by atoms with Crippen LogP contribution in [0, 0.1) is 11.8 Å². The Morgan fingerprint density at radius 1 is 1.16 bits per heavy atom. The second-order valence-electron chi connectivity index (χ2n) is 9.85. The lowest BCUT2D eigenvalue weighted by atomic mass is 9.81. The third-order valence-corrected chi connectivity index (χ3v) is 6.81.